The van der Waals surface area contributed by atoms with Crippen molar-refractivity contribution >= 4 is 16.6 Å². The molecule has 0 aromatic carbocycles. The minimum absolute atomic E-state index is 0.00407. The summed E-state index contributed by atoms with van der Waals surface area (Å²) in [6.07, 6.45) is 2.17. The molecule has 0 aromatic heterocycles. The molecule has 2 atom stereocenters. The van der Waals surface area contributed by atoms with Crippen LogP contribution in [0.1, 0.15) is 33.1 Å². The quantitative estimate of drug-likeness (QED) is 0.714. The highest BCUT2D eigenvalue weighted by molar-refractivity contribution is 7.86. The molecule has 0 saturated carbocycles. The molecule has 1 fully saturated rings. The predicted molar refractivity (Wildman–Crippen MR) is 56.7 cm³/mol. The predicted octanol–water partition coefficient (Wildman–Crippen LogP) is 1.28. The highest BCUT2D eigenvalue weighted by Gasteiger charge is 2.24. The summed E-state index contributed by atoms with van der Waals surface area (Å²) in [4.78, 5) is 10.9. The Kier molecular flexibility index (Phi) is 4.75. The molecule has 0 spiro atoms. The van der Waals surface area contributed by atoms with E-state index in [-0.39, 0.29) is 16.3 Å². The van der Waals surface area contributed by atoms with Crippen LogP contribution in [0.4, 0.5) is 0 Å². The summed E-state index contributed by atoms with van der Waals surface area (Å²) in [5.41, 5.74) is 0. The lowest BCUT2D eigenvalue weighted by Crippen LogP contribution is -2.30. The second-order valence-electron chi connectivity index (χ2n) is 3.86. The molecule has 14 heavy (non-hydrogen) atoms. The van der Waals surface area contributed by atoms with Crippen molar-refractivity contribution in [3.8, 4) is 0 Å². The first kappa shape index (κ1) is 11.9. The molecule has 3 nitrogen and oxygen atoms in total. The van der Waals surface area contributed by atoms with Crippen molar-refractivity contribution in [2.75, 3.05) is 13.2 Å². The minimum atomic E-state index is -0.873. The van der Waals surface area contributed by atoms with Crippen molar-refractivity contribution in [2.45, 2.75) is 43.6 Å². The summed E-state index contributed by atoms with van der Waals surface area (Å²) < 4.78 is 17.1. The molecule has 0 aromatic rings. The third-order valence-electron chi connectivity index (χ3n) is 2.47. The van der Waals surface area contributed by atoms with Crippen molar-refractivity contribution in [1.29, 1.82) is 0 Å². The Bertz CT molecular complexity index is 221. The van der Waals surface area contributed by atoms with E-state index in [9.17, 15) is 9.00 Å². The van der Waals surface area contributed by atoms with Gasteiger partial charge in [0.25, 0.3) is 0 Å². The lowest BCUT2D eigenvalue weighted by molar-refractivity contribution is -0.116. The molecule has 0 radical (unpaired) electrons. The van der Waals surface area contributed by atoms with Crippen LogP contribution >= 0.6 is 0 Å². The molecule has 0 N–H and O–H groups in total. The van der Waals surface area contributed by atoms with Crippen LogP contribution in [0.3, 0.4) is 0 Å². The molecule has 0 amide bonds. The van der Waals surface area contributed by atoms with Gasteiger partial charge >= 0.3 is 0 Å². The maximum Gasteiger partial charge on any atom is 0.131 e. The Morgan fingerprint density at radius 2 is 2.07 bits per heavy atom. The van der Waals surface area contributed by atoms with E-state index < -0.39 is 10.8 Å². The normalized spacial score (nSPS) is 23.0. The number of hydrogen-bond acceptors (Lipinski definition) is 3. The Hall–Kier alpha value is -0.220. The Morgan fingerprint density at radius 3 is 2.57 bits per heavy atom. The molecule has 1 heterocycles. The standard InChI is InChI=1S/C10H18O3S/c1-8(11)7-9(2)14(12)10-3-5-13-6-4-10/h9-10H,3-7H2,1-2H3. The van der Waals surface area contributed by atoms with E-state index >= 15 is 0 Å². The summed E-state index contributed by atoms with van der Waals surface area (Å²) in [5.74, 6) is 0.123. The first-order valence-electron chi connectivity index (χ1n) is 5.08. The zero-order chi connectivity index (χ0) is 10.6. The molecule has 0 aliphatic carbocycles. The second kappa shape index (κ2) is 5.61. The third-order valence-corrected chi connectivity index (χ3v) is 4.56. The fourth-order valence-electron chi connectivity index (χ4n) is 1.72. The fourth-order valence-corrected chi connectivity index (χ4v) is 3.44. The summed E-state index contributed by atoms with van der Waals surface area (Å²) in [5, 5.41) is 0.230. The molecule has 1 saturated heterocycles. The molecular formula is C10H18O3S. The Labute approximate surface area is 87.7 Å². The fraction of sp³-hybridized carbons (Fsp3) is 0.900. The van der Waals surface area contributed by atoms with Gasteiger partial charge in [-0.3, -0.25) is 9.00 Å². The molecule has 82 valence electrons. The lowest BCUT2D eigenvalue weighted by atomic mass is 10.2. The van der Waals surface area contributed by atoms with Gasteiger partial charge in [0, 0.05) is 40.9 Å². The third kappa shape index (κ3) is 3.50. The van der Waals surface area contributed by atoms with E-state index in [4.69, 9.17) is 4.74 Å². The van der Waals surface area contributed by atoms with E-state index in [1.165, 1.54) is 0 Å². The number of ether oxygens (including phenoxy) is 1. The van der Waals surface area contributed by atoms with Gasteiger partial charge in [0.05, 0.1) is 0 Å². The summed E-state index contributed by atoms with van der Waals surface area (Å²) in [7, 11) is -0.873. The van der Waals surface area contributed by atoms with E-state index in [0.29, 0.717) is 19.6 Å². The average Bonchev–Trinajstić information content (AvgIpc) is 2.17. The highest BCUT2D eigenvalue weighted by Crippen LogP contribution is 2.18. The summed E-state index contributed by atoms with van der Waals surface area (Å²) in [6, 6.07) is 0. The smallest absolute Gasteiger partial charge is 0.131 e. The van der Waals surface area contributed by atoms with Gasteiger partial charge < -0.3 is 4.74 Å². The van der Waals surface area contributed by atoms with Crippen LogP contribution in [-0.2, 0) is 20.3 Å². The number of carbonyl (C=O) groups excluding carboxylic acids is 1. The zero-order valence-electron chi connectivity index (χ0n) is 8.82. The first-order chi connectivity index (χ1) is 6.61. The molecule has 0 bridgehead atoms. The largest absolute Gasteiger partial charge is 0.381 e. The Morgan fingerprint density at radius 1 is 1.50 bits per heavy atom. The summed E-state index contributed by atoms with van der Waals surface area (Å²) in [6.45, 7) is 4.87. The van der Waals surface area contributed by atoms with Gasteiger partial charge in [-0.15, -0.1) is 0 Å². The molecule has 1 rings (SSSR count). The van der Waals surface area contributed by atoms with E-state index in [1.54, 1.807) is 6.92 Å². The van der Waals surface area contributed by atoms with Gasteiger partial charge in [0.15, 0.2) is 0 Å². The number of Topliss-reactive ketones (excluding diaryl/α,β-unsaturated/α-hetero) is 1. The van der Waals surface area contributed by atoms with Crippen LogP contribution in [-0.4, -0.2) is 33.7 Å². The molecule has 1 aliphatic rings. The topological polar surface area (TPSA) is 43.4 Å². The first-order valence-corrected chi connectivity index (χ1v) is 6.35. The monoisotopic (exact) mass is 218 g/mol. The van der Waals surface area contributed by atoms with Crippen LogP contribution in [0, 0.1) is 0 Å². The van der Waals surface area contributed by atoms with E-state index in [1.807, 2.05) is 6.92 Å². The summed E-state index contributed by atoms with van der Waals surface area (Å²) >= 11 is 0. The number of rotatable bonds is 4. The van der Waals surface area contributed by atoms with Gasteiger partial charge in [-0.1, -0.05) is 6.92 Å². The van der Waals surface area contributed by atoms with Gasteiger partial charge in [-0.25, -0.2) is 0 Å². The van der Waals surface area contributed by atoms with Crippen LogP contribution in [0.25, 0.3) is 0 Å². The molecule has 1 aliphatic heterocycles. The van der Waals surface area contributed by atoms with Crippen molar-refractivity contribution < 1.29 is 13.7 Å². The highest BCUT2D eigenvalue weighted by atomic mass is 32.2. The van der Waals surface area contributed by atoms with Gasteiger partial charge in [-0.05, 0) is 19.8 Å². The second-order valence-corrected chi connectivity index (χ2v) is 5.99. The lowest BCUT2D eigenvalue weighted by Gasteiger charge is -2.24. The van der Waals surface area contributed by atoms with Crippen LogP contribution < -0.4 is 0 Å². The maximum absolute atomic E-state index is 11.9. The van der Waals surface area contributed by atoms with Crippen molar-refractivity contribution in [3.63, 3.8) is 0 Å². The number of ketones is 1. The number of hydrogen-bond donors (Lipinski definition) is 0. The SMILES string of the molecule is CC(=O)CC(C)S(=O)C1CCOCC1. The Balaban J connectivity index is 2.42. The van der Waals surface area contributed by atoms with Crippen molar-refractivity contribution in [2.24, 2.45) is 0 Å². The molecular weight excluding hydrogens is 200 g/mol. The number of carbonyl (C=O) groups is 1. The van der Waals surface area contributed by atoms with Crippen LogP contribution in [0.15, 0.2) is 0 Å². The minimum Gasteiger partial charge on any atom is -0.381 e. The van der Waals surface area contributed by atoms with Gasteiger partial charge in [-0.2, -0.15) is 0 Å². The average molecular weight is 218 g/mol. The van der Waals surface area contributed by atoms with Crippen molar-refractivity contribution in [3.05, 3.63) is 0 Å². The molecule has 4 heteroatoms. The maximum atomic E-state index is 11.9. The van der Waals surface area contributed by atoms with Crippen molar-refractivity contribution in [1.82, 2.24) is 0 Å². The van der Waals surface area contributed by atoms with Crippen LogP contribution in [0.2, 0.25) is 0 Å². The zero-order valence-corrected chi connectivity index (χ0v) is 9.64. The molecule has 2 unspecified atom stereocenters. The van der Waals surface area contributed by atoms with Crippen LogP contribution in [0.5, 0.6) is 0 Å². The van der Waals surface area contributed by atoms with Gasteiger partial charge in [0.1, 0.15) is 5.78 Å². The van der Waals surface area contributed by atoms with Gasteiger partial charge in [0.2, 0.25) is 0 Å². The van der Waals surface area contributed by atoms with E-state index in [2.05, 4.69) is 0 Å². The van der Waals surface area contributed by atoms with E-state index in [0.717, 1.165) is 12.8 Å².